The highest BCUT2D eigenvalue weighted by Crippen LogP contribution is 2.36. The second-order valence-electron chi connectivity index (χ2n) is 5.07. The molecule has 1 heterocycles. The van der Waals surface area contributed by atoms with Gasteiger partial charge in [0.1, 0.15) is 0 Å². The summed E-state index contributed by atoms with van der Waals surface area (Å²) in [6, 6.07) is 4.38. The van der Waals surface area contributed by atoms with Gasteiger partial charge in [0.05, 0.1) is 9.39 Å². The first-order valence-corrected chi connectivity index (χ1v) is 8.41. The van der Waals surface area contributed by atoms with Gasteiger partial charge in [-0.3, -0.25) is 0 Å². The minimum absolute atomic E-state index is 0.0799. The van der Waals surface area contributed by atoms with Crippen molar-refractivity contribution in [2.75, 3.05) is 6.61 Å². The minimum Gasteiger partial charge on any atom is -0.374 e. The highest BCUT2D eigenvalue weighted by atomic mass is 79.9. The standard InChI is InChI=1S/C14H22BrNOS/c1-2-17-14(8-4-3-5-9-14)12(16)10-11-6-7-13(15)18-11/h6-7,12H,2-5,8-10,16H2,1H3. The molecule has 0 saturated heterocycles. The van der Waals surface area contributed by atoms with Crippen molar-refractivity contribution in [3.8, 4) is 0 Å². The molecule has 1 aliphatic carbocycles. The molecule has 0 bridgehead atoms. The van der Waals surface area contributed by atoms with Crippen molar-refractivity contribution in [1.82, 2.24) is 0 Å². The lowest BCUT2D eigenvalue weighted by atomic mass is 9.78. The van der Waals surface area contributed by atoms with E-state index in [1.807, 2.05) is 0 Å². The minimum atomic E-state index is -0.0799. The first kappa shape index (κ1) is 14.5. The Bertz CT molecular complexity index is 368. The molecule has 0 aromatic carbocycles. The maximum Gasteiger partial charge on any atom is 0.0836 e. The monoisotopic (exact) mass is 331 g/mol. The molecule has 1 unspecified atom stereocenters. The van der Waals surface area contributed by atoms with Gasteiger partial charge >= 0.3 is 0 Å². The molecule has 0 amide bonds. The Labute approximate surface area is 122 Å². The van der Waals surface area contributed by atoms with Crippen molar-refractivity contribution in [2.24, 2.45) is 5.73 Å². The van der Waals surface area contributed by atoms with Gasteiger partial charge in [0.15, 0.2) is 0 Å². The first-order chi connectivity index (χ1) is 8.66. The molecule has 2 nitrogen and oxygen atoms in total. The smallest absolute Gasteiger partial charge is 0.0836 e. The summed E-state index contributed by atoms with van der Waals surface area (Å²) in [5, 5.41) is 0. The summed E-state index contributed by atoms with van der Waals surface area (Å²) in [7, 11) is 0. The normalized spacial score (nSPS) is 20.8. The van der Waals surface area contributed by atoms with E-state index in [2.05, 4.69) is 35.0 Å². The molecule has 2 rings (SSSR count). The number of ether oxygens (including phenoxy) is 1. The maximum absolute atomic E-state index is 6.48. The van der Waals surface area contributed by atoms with E-state index >= 15 is 0 Å². The molecule has 1 aromatic heterocycles. The summed E-state index contributed by atoms with van der Waals surface area (Å²) in [4.78, 5) is 1.35. The maximum atomic E-state index is 6.48. The van der Waals surface area contributed by atoms with Crippen molar-refractivity contribution in [1.29, 1.82) is 0 Å². The third kappa shape index (κ3) is 3.35. The number of rotatable bonds is 5. The fraction of sp³-hybridized carbons (Fsp3) is 0.714. The van der Waals surface area contributed by atoms with E-state index in [9.17, 15) is 0 Å². The molecule has 18 heavy (non-hydrogen) atoms. The number of hydrogen-bond donors (Lipinski definition) is 1. The first-order valence-electron chi connectivity index (χ1n) is 6.80. The van der Waals surface area contributed by atoms with E-state index in [1.54, 1.807) is 11.3 Å². The molecule has 4 heteroatoms. The van der Waals surface area contributed by atoms with Gasteiger partial charge in [0.2, 0.25) is 0 Å². The van der Waals surface area contributed by atoms with Crippen molar-refractivity contribution < 1.29 is 4.74 Å². The molecule has 0 spiro atoms. The van der Waals surface area contributed by atoms with E-state index in [4.69, 9.17) is 10.5 Å². The summed E-state index contributed by atoms with van der Waals surface area (Å²) >= 11 is 5.29. The fourth-order valence-electron chi connectivity index (χ4n) is 2.92. The average molecular weight is 332 g/mol. The van der Waals surface area contributed by atoms with Crippen LogP contribution in [0.3, 0.4) is 0 Å². The van der Waals surface area contributed by atoms with E-state index in [0.29, 0.717) is 0 Å². The van der Waals surface area contributed by atoms with Crippen LogP contribution in [0.5, 0.6) is 0 Å². The van der Waals surface area contributed by atoms with Crippen LogP contribution in [0.1, 0.15) is 43.9 Å². The van der Waals surface area contributed by atoms with Gasteiger partial charge in [-0.15, -0.1) is 11.3 Å². The lowest BCUT2D eigenvalue weighted by Crippen LogP contribution is -2.52. The second kappa shape index (κ2) is 6.51. The van der Waals surface area contributed by atoms with Crippen LogP contribution in [0, 0.1) is 0 Å². The zero-order valence-electron chi connectivity index (χ0n) is 11.0. The molecular formula is C14H22BrNOS. The van der Waals surface area contributed by atoms with Gasteiger partial charge in [-0.25, -0.2) is 0 Å². The Kier molecular flexibility index (Phi) is 5.24. The van der Waals surface area contributed by atoms with Gasteiger partial charge in [-0.2, -0.15) is 0 Å². The van der Waals surface area contributed by atoms with Crippen molar-refractivity contribution in [3.05, 3.63) is 20.8 Å². The van der Waals surface area contributed by atoms with Gasteiger partial charge < -0.3 is 10.5 Å². The summed E-state index contributed by atoms with van der Waals surface area (Å²) in [6.45, 7) is 2.84. The van der Waals surface area contributed by atoms with E-state index in [1.165, 1.54) is 27.9 Å². The van der Waals surface area contributed by atoms with E-state index in [0.717, 1.165) is 25.9 Å². The SMILES string of the molecule is CCOC1(C(N)Cc2ccc(Br)s2)CCCCC1. The van der Waals surface area contributed by atoms with Crippen LogP contribution in [-0.2, 0) is 11.2 Å². The van der Waals surface area contributed by atoms with Crippen LogP contribution < -0.4 is 5.73 Å². The van der Waals surface area contributed by atoms with Crippen LogP contribution in [0.4, 0.5) is 0 Å². The third-order valence-corrected chi connectivity index (χ3v) is 5.50. The molecule has 102 valence electrons. The molecule has 1 saturated carbocycles. The number of thiophene rings is 1. The summed E-state index contributed by atoms with van der Waals surface area (Å²) < 4.78 is 7.26. The molecule has 0 aliphatic heterocycles. The lowest BCUT2D eigenvalue weighted by Gasteiger charge is -2.41. The second-order valence-corrected chi connectivity index (χ2v) is 7.62. The summed E-state index contributed by atoms with van der Waals surface area (Å²) in [5.41, 5.74) is 6.40. The molecule has 1 aromatic rings. The Balaban J connectivity index is 2.05. The van der Waals surface area contributed by atoms with Gasteiger partial charge in [-0.05, 0) is 54.2 Å². The molecule has 0 radical (unpaired) electrons. The van der Waals surface area contributed by atoms with E-state index in [-0.39, 0.29) is 11.6 Å². The predicted octanol–water partition coefficient (Wildman–Crippen LogP) is 4.12. The Hall–Kier alpha value is 0.1000. The van der Waals surface area contributed by atoms with Gasteiger partial charge in [0.25, 0.3) is 0 Å². The highest BCUT2D eigenvalue weighted by molar-refractivity contribution is 9.11. The predicted molar refractivity (Wildman–Crippen MR) is 81.1 cm³/mol. The van der Waals surface area contributed by atoms with Crippen LogP contribution in [0.25, 0.3) is 0 Å². The summed E-state index contributed by atoms with van der Waals surface area (Å²) in [6.07, 6.45) is 7.00. The molecule has 1 atom stereocenters. The van der Waals surface area contributed by atoms with Crippen molar-refractivity contribution in [3.63, 3.8) is 0 Å². The molecule has 1 fully saturated rings. The van der Waals surface area contributed by atoms with Crippen LogP contribution >= 0.6 is 27.3 Å². The van der Waals surface area contributed by atoms with Crippen molar-refractivity contribution in [2.45, 2.75) is 57.1 Å². The molecule has 1 aliphatic rings. The molecule has 2 N–H and O–H groups in total. The largest absolute Gasteiger partial charge is 0.374 e. The van der Waals surface area contributed by atoms with Crippen molar-refractivity contribution >= 4 is 27.3 Å². The van der Waals surface area contributed by atoms with Crippen LogP contribution in [0.2, 0.25) is 0 Å². The van der Waals surface area contributed by atoms with E-state index < -0.39 is 0 Å². The number of halogens is 1. The average Bonchev–Trinajstić information content (AvgIpc) is 2.76. The van der Waals surface area contributed by atoms with Gasteiger partial charge in [0, 0.05) is 17.5 Å². The van der Waals surface area contributed by atoms with Crippen LogP contribution in [0.15, 0.2) is 15.9 Å². The molecular weight excluding hydrogens is 310 g/mol. The summed E-state index contributed by atoms with van der Waals surface area (Å²) in [5.74, 6) is 0. The topological polar surface area (TPSA) is 35.2 Å². The number of hydrogen-bond acceptors (Lipinski definition) is 3. The number of nitrogens with two attached hydrogens (primary N) is 1. The quantitative estimate of drug-likeness (QED) is 0.880. The lowest BCUT2D eigenvalue weighted by molar-refractivity contribution is -0.0816. The van der Waals surface area contributed by atoms with Crippen LogP contribution in [-0.4, -0.2) is 18.2 Å². The third-order valence-electron chi connectivity index (χ3n) is 3.86. The Morgan fingerprint density at radius 1 is 1.39 bits per heavy atom. The zero-order valence-corrected chi connectivity index (χ0v) is 13.4. The zero-order chi connectivity index (χ0) is 13.0. The Morgan fingerprint density at radius 2 is 2.11 bits per heavy atom. The highest BCUT2D eigenvalue weighted by Gasteiger charge is 2.38. The van der Waals surface area contributed by atoms with Gasteiger partial charge in [-0.1, -0.05) is 19.3 Å². The Morgan fingerprint density at radius 3 is 2.67 bits per heavy atom. The fourth-order valence-corrected chi connectivity index (χ4v) is 4.47.